The second-order valence-corrected chi connectivity index (χ2v) is 13.7. The van der Waals surface area contributed by atoms with Crippen molar-refractivity contribution in [3.63, 3.8) is 0 Å². The van der Waals surface area contributed by atoms with Crippen LogP contribution >= 0.6 is 0 Å². The monoisotopic (exact) mass is 595 g/mol. The molecule has 1 N–H and O–H groups in total. The van der Waals surface area contributed by atoms with Crippen molar-refractivity contribution in [3.05, 3.63) is 82.7 Å². The van der Waals surface area contributed by atoms with Gasteiger partial charge in [-0.3, -0.25) is 9.29 Å². The fourth-order valence-corrected chi connectivity index (χ4v) is 6.72. The van der Waals surface area contributed by atoms with Gasteiger partial charge < -0.3 is 9.88 Å². The second-order valence-electron chi connectivity index (χ2n) is 13.7. The Morgan fingerprint density at radius 2 is 1.79 bits per heavy atom. The number of aryl methyl sites for hydroxylation is 2. The van der Waals surface area contributed by atoms with E-state index in [2.05, 4.69) is 87.5 Å². The average molecular weight is 596 g/mol. The number of nitrogens with one attached hydrogen (secondary N) is 1. The Kier molecular flexibility index (Phi) is 10.7. The van der Waals surface area contributed by atoms with Crippen LogP contribution in [0.2, 0.25) is 0 Å². The smallest absolute Gasteiger partial charge is 0.260 e. The molecule has 2 heterocycles. The topological polar surface area (TPSA) is 22.3 Å². The van der Waals surface area contributed by atoms with Gasteiger partial charge in [-0.2, -0.15) is 0 Å². The van der Waals surface area contributed by atoms with Gasteiger partial charge in [0.05, 0.1) is 19.3 Å². The van der Waals surface area contributed by atoms with Crippen LogP contribution in [0.5, 0.6) is 0 Å². The van der Waals surface area contributed by atoms with Gasteiger partial charge in [0.2, 0.25) is 0 Å². The van der Waals surface area contributed by atoms with E-state index in [9.17, 15) is 4.39 Å². The molecule has 4 rings (SSSR count). The molecule has 0 spiro atoms. The predicted octanol–water partition coefficient (Wildman–Crippen LogP) is 9.66. The van der Waals surface area contributed by atoms with E-state index in [1.165, 1.54) is 22.1 Å². The molecule has 0 saturated carbocycles. The zero-order chi connectivity index (χ0) is 31.4. The van der Waals surface area contributed by atoms with E-state index >= 15 is 8.78 Å². The van der Waals surface area contributed by atoms with Crippen LogP contribution in [0.15, 0.2) is 54.7 Å². The Balaban J connectivity index is 1.67. The molecule has 0 fully saturated rings. The molecule has 0 amide bonds. The minimum Gasteiger partial charge on any atom is -0.375 e. The summed E-state index contributed by atoms with van der Waals surface area (Å²) in [6.45, 7) is 17.7. The Morgan fingerprint density at radius 3 is 2.47 bits per heavy atom. The Bertz CT molecular complexity index is 1370. The molecular weight excluding hydrogens is 543 g/mol. The van der Waals surface area contributed by atoms with E-state index < -0.39 is 5.92 Å². The van der Waals surface area contributed by atoms with E-state index in [0.29, 0.717) is 13.0 Å². The Morgan fingerprint density at radius 1 is 1.07 bits per heavy atom. The Hall–Kier alpha value is -2.73. The molecule has 1 aliphatic rings. The van der Waals surface area contributed by atoms with E-state index in [4.69, 9.17) is 0 Å². The van der Waals surface area contributed by atoms with Crippen LogP contribution in [0.25, 0.3) is 10.9 Å². The number of fused-ring (bicyclic) bond motifs is 3. The fourth-order valence-electron chi connectivity index (χ4n) is 6.72. The number of rotatable bonds is 14. The van der Waals surface area contributed by atoms with Gasteiger partial charge in [-0.1, -0.05) is 77.6 Å². The van der Waals surface area contributed by atoms with Gasteiger partial charge in [0.1, 0.15) is 0 Å². The van der Waals surface area contributed by atoms with Gasteiger partial charge in [0.15, 0.2) is 0 Å². The molecule has 0 radical (unpaired) electrons. The van der Waals surface area contributed by atoms with E-state index in [1.54, 1.807) is 6.92 Å². The number of allylic oxidation sites excluding steroid dienone is 1. The van der Waals surface area contributed by atoms with Gasteiger partial charge in [0.25, 0.3) is 5.92 Å². The number of H-pyrrole nitrogens is 1. The number of hydrogen-bond acceptors (Lipinski definition) is 2. The van der Waals surface area contributed by atoms with Crippen LogP contribution in [0.1, 0.15) is 101 Å². The van der Waals surface area contributed by atoms with Crippen LogP contribution in [0.4, 0.5) is 13.2 Å². The molecule has 1 unspecified atom stereocenters. The highest BCUT2D eigenvalue weighted by Crippen LogP contribution is 2.43. The maximum absolute atomic E-state index is 15.1. The highest BCUT2D eigenvalue weighted by molar-refractivity contribution is 5.85. The minimum atomic E-state index is -2.77. The third-order valence-corrected chi connectivity index (χ3v) is 8.97. The number of nitrogens with zero attached hydrogens (tertiary/aromatic N) is 2. The number of alkyl halides is 3. The first-order valence-electron chi connectivity index (χ1n) is 16.2. The standard InChI is InChI=1S/C37H52F3N3/c1-8-29-18-17-28(14-12-20-42(21-13-19-38)27(4)24-36(5,6)7)23-31(29)35-34-32(30-15-10-11-16-33(30)41-34)22-26(3)43(35)25-37(39,40)9-2/h10-11,15-18,23,26,35,41H,4,8-9,12-14,19-22,24-25H2,1-3,5-7H3/t26-,35?/m1/s1. The lowest BCUT2D eigenvalue weighted by Gasteiger charge is -2.43. The van der Waals surface area contributed by atoms with Crippen molar-refractivity contribution in [2.24, 2.45) is 5.41 Å². The van der Waals surface area contributed by atoms with Crippen molar-refractivity contribution in [1.82, 2.24) is 14.8 Å². The summed E-state index contributed by atoms with van der Waals surface area (Å²) in [4.78, 5) is 7.95. The molecule has 2 atom stereocenters. The highest BCUT2D eigenvalue weighted by atomic mass is 19.3. The van der Waals surface area contributed by atoms with Gasteiger partial charge in [-0.25, -0.2) is 8.78 Å². The highest BCUT2D eigenvalue weighted by Gasteiger charge is 2.41. The minimum absolute atomic E-state index is 0.0274. The zero-order valence-electron chi connectivity index (χ0n) is 27.2. The number of hydrogen-bond donors (Lipinski definition) is 1. The zero-order valence-corrected chi connectivity index (χ0v) is 27.2. The maximum atomic E-state index is 15.1. The van der Waals surface area contributed by atoms with Crippen molar-refractivity contribution in [2.45, 2.75) is 104 Å². The Labute approximate surface area is 257 Å². The molecule has 0 bridgehead atoms. The quantitative estimate of drug-likeness (QED) is 0.200. The molecular formula is C37H52F3N3. The molecule has 0 aliphatic carbocycles. The number of aromatic nitrogens is 1. The SMILES string of the molecule is C=C(CC(C)(C)C)N(CCCF)CCCc1ccc(CC)c(C2c3[nH]c4ccccc4c3C[C@@H](C)N2CC(F)(F)CC)c1. The van der Waals surface area contributed by atoms with Crippen LogP contribution in [0.3, 0.4) is 0 Å². The molecule has 3 aromatic rings. The second kappa shape index (κ2) is 13.9. The molecule has 2 aromatic carbocycles. The molecule has 0 saturated heterocycles. The largest absolute Gasteiger partial charge is 0.375 e. The summed E-state index contributed by atoms with van der Waals surface area (Å²) in [6.07, 6.45) is 4.54. The summed E-state index contributed by atoms with van der Waals surface area (Å²) in [7, 11) is 0. The first-order valence-corrected chi connectivity index (χ1v) is 16.2. The van der Waals surface area contributed by atoms with E-state index in [0.717, 1.165) is 61.1 Å². The van der Waals surface area contributed by atoms with Crippen molar-refractivity contribution < 1.29 is 13.2 Å². The lowest BCUT2D eigenvalue weighted by atomic mass is 9.85. The van der Waals surface area contributed by atoms with E-state index in [1.807, 2.05) is 11.0 Å². The third-order valence-electron chi connectivity index (χ3n) is 8.97. The summed E-state index contributed by atoms with van der Waals surface area (Å²) < 4.78 is 43.2. The van der Waals surface area contributed by atoms with Gasteiger partial charge >= 0.3 is 0 Å². The maximum Gasteiger partial charge on any atom is 0.260 e. The predicted molar refractivity (Wildman–Crippen MR) is 175 cm³/mol. The van der Waals surface area contributed by atoms with Gasteiger partial charge in [-0.15, -0.1) is 0 Å². The van der Waals surface area contributed by atoms with Crippen molar-refractivity contribution in [1.29, 1.82) is 0 Å². The fraction of sp³-hybridized carbons (Fsp3) is 0.568. The average Bonchev–Trinajstić information content (AvgIpc) is 3.32. The number of halogens is 3. The first kappa shape index (κ1) is 33.2. The van der Waals surface area contributed by atoms with Gasteiger partial charge in [-0.05, 0) is 79.2 Å². The van der Waals surface area contributed by atoms with E-state index in [-0.39, 0.29) is 37.1 Å². The van der Waals surface area contributed by atoms with Gasteiger partial charge in [0, 0.05) is 47.8 Å². The molecule has 6 heteroatoms. The van der Waals surface area contributed by atoms with Crippen molar-refractivity contribution >= 4 is 10.9 Å². The lowest BCUT2D eigenvalue weighted by molar-refractivity contribution is -0.0545. The first-order chi connectivity index (χ1) is 20.4. The summed E-state index contributed by atoms with van der Waals surface area (Å²) in [5.41, 5.74) is 8.07. The van der Waals surface area contributed by atoms with Crippen molar-refractivity contribution in [2.75, 3.05) is 26.3 Å². The lowest BCUT2D eigenvalue weighted by Crippen LogP contribution is -2.48. The van der Waals surface area contributed by atoms with Crippen LogP contribution in [-0.4, -0.2) is 53.1 Å². The van der Waals surface area contributed by atoms with Crippen molar-refractivity contribution in [3.8, 4) is 0 Å². The summed E-state index contributed by atoms with van der Waals surface area (Å²) in [5, 5.41) is 1.19. The van der Waals surface area contributed by atoms with Crippen LogP contribution in [-0.2, 0) is 19.3 Å². The molecule has 3 nitrogen and oxygen atoms in total. The molecule has 1 aromatic heterocycles. The molecule has 43 heavy (non-hydrogen) atoms. The normalized spacial score (nSPS) is 17.8. The summed E-state index contributed by atoms with van der Waals surface area (Å²) >= 11 is 0. The summed E-state index contributed by atoms with van der Waals surface area (Å²) in [6, 6.07) is 14.7. The molecule has 1 aliphatic heterocycles. The van der Waals surface area contributed by atoms with Crippen LogP contribution < -0.4 is 0 Å². The molecule has 236 valence electrons. The third kappa shape index (κ3) is 8.06. The number of para-hydroxylation sites is 1. The summed E-state index contributed by atoms with van der Waals surface area (Å²) in [5.74, 6) is -2.77. The number of benzene rings is 2. The van der Waals surface area contributed by atoms with Crippen LogP contribution in [0, 0.1) is 5.41 Å². The number of aromatic amines is 1.